The second-order valence-corrected chi connectivity index (χ2v) is 6.08. The lowest BCUT2D eigenvalue weighted by Crippen LogP contribution is -2.46. The molecule has 0 spiro atoms. The molecule has 2 N–H and O–H groups in total. The number of aliphatic carboxylic acids is 1. The number of amides is 2. The number of carbonyl (C=O) groups excluding carboxylic acids is 1. The molecule has 5 nitrogen and oxygen atoms in total. The molecule has 1 atom stereocenters. The van der Waals surface area contributed by atoms with Gasteiger partial charge >= 0.3 is 12.0 Å². The van der Waals surface area contributed by atoms with E-state index in [1.54, 1.807) is 30.1 Å². The third-order valence-corrected chi connectivity index (χ3v) is 4.03. The minimum Gasteiger partial charge on any atom is -0.480 e. The van der Waals surface area contributed by atoms with Crippen molar-refractivity contribution in [3.05, 3.63) is 22.4 Å². The number of carbonyl (C=O) groups is 2. The molecule has 0 aliphatic carbocycles. The molecular weight excluding hydrogens is 284 g/mol. The molecule has 106 valence electrons. The van der Waals surface area contributed by atoms with Crippen LogP contribution in [0.2, 0.25) is 0 Å². The number of nitrogens with zero attached hydrogens (tertiary/aromatic N) is 1. The summed E-state index contributed by atoms with van der Waals surface area (Å²) in [5.41, 5.74) is 0. The summed E-state index contributed by atoms with van der Waals surface area (Å²) in [7, 11) is 1.66. The number of thioether (sulfide) groups is 1. The van der Waals surface area contributed by atoms with Crippen molar-refractivity contribution in [1.82, 2.24) is 10.2 Å². The van der Waals surface area contributed by atoms with Gasteiger partial charge in [0.1, 0.15) is 6.04 Å². The Morgan fingerprint density at radius 1 is 1.58 bits per heavy atom. The first-order valence-electron chi connectivity index (χ1n) is 5.80. The third kappa shape index (κ3) is 5.52. The summed E-state index contributed by atoms with van der Waals surface area (Å²) in [6, 6.07) is 2.67. The quantitative estimate of drug-likeness (QED) is 0.809. The van der Waals surface area contributed by atoms with Crippen LogP contribution >= 0.6 is 23.1 Å². The van der Waals surface area contributed by atoms with Gasteiger partial charge in [-0.25, -0.2) is 9.59 Å². The van der Waals surface area contributed by atoms with Gasteiger partial charge in [-0.2, -0.15) is 11.8 Å². The number of nitrogens with one attached hydrogen (secondary N) is 1. The van der Waals surface area contributed by atoms with E-state index in [2.05, 4.69) is 5.32 Å². The van der Waals surface area contributed by atoms with E-state index in [0.717, 1.165) is 4.88 Å². The molecule has 0 aliphatic rings. The zero-order valence-corrected chi connectivity index (χ0v) is 12.6. The molecule has 1 heterocycles. The minimum atomic E-state index is -0.994. The Bertz CT molecular complexity index is 409. The third-order valence-electron chi connectivity index (χ3n) is 2.53. The Balaban J connectivity index is 2.48. The molecule has 0 unspecified atom stereocenters. The second kappa shape index (κ2) is 8.06. The molecule has 0 bridgehead atoms. The van der Waals surface area contributed by atoms with Crippen LogP contribution in [-0.2, 0) is 11.3 Å². The van der Waals surface area contributed by atoms with Gasteiger partial charge in [0.05, 0.1) is 6.54 Å². The number of rotatable bonds is 7. The fourth-order valence-corrected chi connectivity index (χ4v) is 2.69. The highest BCUT2D eigenvalue weighted by Crippen LogP contribution is 2.11. The van der Waals surface area contributed by atoms with Crippen LogP contribution in [0.3, 0.4) is 0 Å². The Hall–Kier alpha value is -1.21. The van der Waals surface area contributed by atoms with Gasteiger partial charge in [-0.3, -0.25) is 0 Å². The number of carboxylic acid groups (broad SMARTS) is 1. The minimum absolute atomic E-state index is 0.359. The van der Waals surface area contributed by atoms with Crippen molar-refractivity contribution in [3.63, 3.8) is 0 Å². The summed E-state index contributed by atoms with van der Waals surface area (Å²) in [6.45, 7) is 0.484. The van der Waals surface area contributed by atoms with E-state index in [1.807, 2.05) is 23.8 Å². The highest BCUT2D eigenvalue weighted by molar-refractivity contribution is 7.98. The van der Waals surface area contributed by atoms with Gasteiger partial charge in [-0.15, -0.1) is 11.3 Å². The van der Waals surface area contributed by atoms with Gasteiger partial charge < -0.3 is 15.3 Å². The molecule has 0 saturated carbocycles. The SMILES string of the molecule is CSCC[C@@H](NC(=O)N(C)Cc1cccs1)C(=O)O. The normalized spacial score (nSPS) is 11.9. The molecule has 1 aromatic rings. The first-order valence-corrected chi connectivity index (χ1v) is 8.07. The molecule has 7 heteroatoms. The van der Waals surface area contributed by atoms with Crippen LogP contribution in [0.4, 0.5) is 4.79 Å². The molecule has 0 radical (unpaired) electrons. The summed E-state index contributed by atoms with van der Waals surface area (Å²) >= 11 is 3.13. The number of carboxylic acids is 1. The van der Waals surface area contributed by atoms with E-state index in [0.29, 0.717) is 18.7 Å². The van der Waals surface area contributed by atoms with E-state index in [1.165, 1.54) is 4.90 Å². The lowest BCUT2D eigenvalue weighted by Gasteiger charge is -2.20. The first kappa shape index (κ1) is 15.8. The summed E-state index contributed by atoms with van der Waals surface area (Å²) < 4.78 is 0. The van der Waals surface area contributed by atoms with Crippen molar-refractivity contribution >= 4 is 35.1 Å². The van der Waals surface area contributed by atoms with Crippen LogP contribution in [-0.4, -0.2) is 47.1 Å². The number of hydrogen-bond donors (Lipinski definition) is 2. The fourth-order valence-electron chi connectivity index (χ4n) is 1.46. The molecule has 0 saturated heterocycles. The molecule has 1 rings (SSSR count). The Morgan fingerprint density at radius 3 is 2.84 bits per heavy atom. The van der Waals surface area contributed by atoms with E-state index < -0.39 is 12.0 Å². The van der Waals surface area contributed by atoms with Gasteiger partial charge in [0.2, 0.25) is 0 Å². The van der Waals surface area contributed by atoms with Crippen LogP contribution in [0, 0.1) is 0 Å². The van der Waals surface area contributed by atoms with E-state index >= 15 is 0 Å². The first-order chi connectivity index (χ1) is 9.04. The fraction of sp³-hybridized carbons (Fsp3) is 0.500. The largest absolute Gasteiger partial charge is 0.480 e. The zero-order chi connectivity index (χ0) is 14.3. The second-order valence-electron chi connectivity index (χ2n) is 4.06. The predicted octanol–water partition coefficient (Wildman–Crippen LogP) is 2.10. The van der Waals surface area contributed by atoms with Crippen LogP contribution in [0.25, 0.3) is 0 Å². The van der Waals surface area contributed by atoms with Crippen molar-refractivity contribution in [2.24, 2.45) is 0 Å². The van der Waals surface area contributed by atoms with Crippen LogP contribution in [0.1, 0.15) is 11.3 Å². The van der Waals surface area contributed by atoms with Gasteiger partial charge in [-0.05, 0) is 29.9 Å². The Kier molecular flexibility index (Phi) is 6.72. The van der Waals surface area contributed by atoms with Crippen molar-refractivity contribution < 1.29 is 14.7 Å². The number of urea groups is 1. The Labute approximate surface area is 121 Å². The average molecular weight is 302 g/mol. The highest BCUT2D eigenvalue weighted by Gasteiger charge is 2.21. The van der Waals surface area contributed by atoms with E-state index in [-0.39, 0.29) is 6.03 Å². The summed E-state index contributed by atoms with van der Waals surface area (Å²) in [5.74, 6) is -0.293. The lowest BCUT2D eigenvalue weighted by molar-refractivity contribution is -0.139. The highest BCUT2D eigenvalue weighted by atomic mass is 32.2. The molecular formula is C12H18N2O3S2. The average Bonchev–Trinajstić information content (AvgIpc) is 2.86. The van der Waals surface area contributed by atoms with Gasteiger partial charge in [0.15, 0.2) is 0 Å². The summed E-state index contributed by atoms with van der Waals surface area (Å²) in [5, 5.41) is 13.5. The van der Waals surface area contributed by atoms with Crippen LogP contribution < -0.4 is 5.32 Å². The maximum atomic E-state index is 11.9. The number of thiophene rings is 1. The molecule has 0 aliphatic heterocycles. The maximum Gasteiger partial charge on any atom is 0.326 e. The van der Waals surface area contributed by atoms with Gasteiger partial charge in [0.25, 0.3) is 0 Å². The van der Waals surface area contributed by atoms with E-state index in [9.17, 15) is 9.59 Å². The van der Waals surface area contributed by atoms with Crippen molar-refractivity contribution in [2.75, 3.05) is 19.1 Å². The van der Waals surface area contributed by atoms with Crippen molar-refractivity contribution in [2.45, 2.75) is 19.0 Å². The standard InChI is InChI=1S/C12H18N2O3S2/c1-14(8-9-4-3-6-19-9)12(17)13-10(11(15)16)5-7-18-2/h3-4,6,10H,5,7-8H2,1-2H3,(H,13,17)(H,15,16)/t10-/m1/s1. The van der Waals surface area contributed by atoms with E-state index in [4.69, 9.17) is 5.11 Å². The summed E-state index contributed by atoms with van der Waals surface area (Å²) in [6.07, 6.45) is 2.33. The molecule has 1 aromatic heterocycles. The topological polar surface area (TPSA) is 69.6 Å². The van der Waals surface area contributed by atoms with Crippen molar-refractivity contribution in [1.29, 1.82) is 0 Å². The molecule has 0 fully saturated rings. The zero-order valence-electron chi connectivity index (χ0n) is 11.0. The van der Waals surface area contributed by atoms with Gasteiger partial charge in [0, 0.05) is 11.9 Å². The predicted molar refractivity (Wildman–Crippen MR) is 78.7 cm³/mol. The summed E-state index contributed by atoms with van der Waals surface area (Å²) in [4.78, 5) is 25.5. The van der Waals surface area contributed by atoms with Crippen LogP contribution in [0.5, 0.6) is 0 Å². The van der Waals surface area contributed by atoms with Crippen LogP contribution in [0.15, 0.2) is 17.5 Å². The smallest absolute Gasteiger partial charge is 0.326 e. The molecule has 19 heavy (non-hydrogen) atoms. The molecule has 0 aromatic carbocycles. The van der Waals surface area contributed by atoms with Gasteiger partial charge in [-0.1, -0.05) is 6.07 Å². The maximum absolute atomic E-state index is 11.9. The number of hydrogen-bond acceptors (Lipinski definition) is 4. The Morgan fingerprint density at radius 2 is 2.32 bits per heavy atom. The monoisotopic (exact) mass is 302 g/mol. The van der Waals surface area contributed by atoms with Crippen molar-refractivity contribution in [3.8, 4) is 0 Å². The molecule has 2 amide bonds. The lowest BCUT2D eigenvalue weighted by atomic mass is 10.2.